The first kappa shape index (κ1) is 18.0. The molecule has 0 radical (unpaired) electrons. The number of hydrogen-bond acceptors (Lipinski definition) is 3. The van der Waals surface area contributed by atoms with Crippen LogP contribution in [0.1, 0.15) is 34.6 Å². The molecule has 0 bridgehead atoms. The van der Waals surface area contributed by atoms with Gasteiger partial charge in [0, 0.05) is 37.1 Å². The van der Waals surface area contributed by atoms with Crippen LogP contribution in [0.4, 0.5) is 0 Å². The number of rotatable bonds is 5. The summed E-state index contributed by atoms with van der Waals surface area (Å²) in [6.45, 7) is 4.85. The van der Waals surface area contributed by atoms with Crippen LogP contribution >= 0.6 is 11.3 Å². The number of thiophene rings is 1. The van der Waals surface area contributed by atoms with E-state index in [1.807, 2.05) is 34.7 Å². The fraction of sp³-hybridized carbons (Fsp3) is 0.364. The van der Waals surface area contributed by atoms with E-state index >= 15 is 0 Å². The summed E-state index contributed by atoms with van der Waals surface area (Å²) in [7, 11) is 0. The average Bonchev–Trinajstić information content (AvgIpc) is 3.37. The molecule has 1 aromatic carbocycles. The van der Waals surface area contributed by atoms with Crippen molar-refractivity contribution in [1.82, 2.24) is 14.5 Å². The number of hydrogen-bond donors (Lipinski definition) is 0. The Labute approximate surface area is 164 Å². The molecule has 4 nitrogen and oxygen atoms in total. The van der Waals surface area contributed by atoms with Crippen LogP contribution in [0, 0.1) is 12.8 Å². The average molecular weight is 380 g/mol. The van der Waals surface area contributed by atoms with Crippen molar-refractivity contribution in [3.63, 3.8) is 0 Å². The van der Waals surface area contributed by atoms with E-state index in [-0.39, 0.29) is 5.91 Å². The molecule has 0 saturated carbocycles. The lowest BCUT2D eigenvalue weighted by molar-refractivity contribution is 0.0690. The highest BCUT2D eigenvalue weighted by atomic mass is 32.1. The van der Waals surface area contributed by atoms with Crippen LogP contribution in [0.3, 0.4) is 0 Å². The molecular weight excluding hydrogens is 354 g/mol. The van der Waals surface area contributed by atoms with Gasteiger partial charge in [0.25, 0.3) is 5.91 Å². The molecule has 0 spiro atoms. The summed E-state index contributed by atoms with van der Waals surface area (Å²) in [6.07, 6.45) is 5.28. The van der Waals surface area contributed by atoms with Crippen molar-refractivity contribution in [3.8, 4) is 11.4 Å². The largest absolute Gasteiger partial charge is 0.338 e. The minimum Gasteiger partial charge on any atom is -0.338 e. The maximum atomic E-state index is 12.5. The molecule has 2 aromatic heterocycles. The molecule has 0 N–H and O–H groups in total. The van der Waals surface area contributed by atoms with Crippen LogP contribution in [0.15, 0.2) is 54.0 Å². The zero-order chi connectivity index (χ0) is 18.6. The van der Waals surface area contributed by atoms with Gasteiger partial charge in [-0.3, -0.25) is 4.79 Å². The number of aromatic nitrogens is 2. The Morgan fingerprint density at radius 2 is 1.93 bits per heavy atom. The number of piperidine rings is 1. The normalized spacial score (nSPS) is 15.2. The molecule has 1 aliphatic rings. The minimum atomic E-state index is 0.195. The standard InChI is InChI=1S/C22H25N3OS/c1-17-16-23-21(19-6-3-2-4-7-19)25(17)14-11-18-9-12-24(13-10-18)22(26)20-8-5-15-27-20/h2-8,15-16,18H,9-14H2,1H3. The van der Waals surface area contributed by atoms with E-state index in [9.17, 15) is 4.79 Å². The summed E-state index contributed by atoms with van der Waals surface area (Å²) in [4.78, 5) is 20.0. The van der Waals surface area contributed by atoms with Crippen molar-refractivity contribution in [2.75, 3.05) is 13.1 Å². The van der Waals surface area contributed by atoms with Crippen molar-refractivity contribution < 1.29 is 4.79 Å². The lowest BCUT2D eigenvalue weighted by atomic mass is 9.93. The fourth-order valence-electron chi connectivity index (χ4n) is 3.85. The zero-order valence-electron chi connectivity index (χ0n) is 15.7. The molecule has 1 aliphatic heterocycles. The van der Waals surface area contributed by atoms with E-state index in [2.05, 4.69) is 40.7 Å². The Morgan fingerprint density at radius 1 is 1.15 bits per heavy atom. The van der Waals surface area contributed by atoms with Crippen LogP contribution in [-0.4, -0.2) is 33.4 Å². The van der Waals surface area contributed by atoms with Gasteiger partial charge in [-0.25, -0.2) is 4.98 Å². The van der Waals surface area contributed by atoms with Gasteiger partial charge in [-0.15, -0.1) is 11.3 Å². The topological polar surface area (TPSA) is 38.1 Å². The molecule has 0 unspecified atom stereocenters. The van der Waals surface area contributed by atoms with Gasteiger partial charge >= 0.3 is 0 Å². The Morgan fingerprint density at radius 3 is 2.63 bits per heavy atom. The molecule has 3 aromatic rings. The van der Waals surface area contributed by atoms with Gasteiger partial charge < -0.3 is 9.47 Å². The second-order valence-corrected chi connectivity index (χ2v) is 8.19. The quantitative estimate of drug-likeness (QED) is 0.635. The van der Waals surface area contributed by atoms with Crippen LogP contribution < -0.4 is 0 Å². The number of nitrogens with zero attached hydrogens (tertiary/aromatic N) is 3. The minimum absolute atomic E-state index is 0.195. The summed E-state index contributed by atoms with van der Waals surface area (Å²) in [5.41, 5.74) is 2.38. The highest BCUT2D eigenvalue weighted by Crippen LogP contribution is 2.26. The summed E-state index contributed by atoms with van der Waals surface area (Å²) in [6, 6.07) is 14.3. The summed E-state index contributed by atoms with van der Waals surface area (Å²) < 4.78 is 2.33. The fourth-order valence-corrected chi connectivity index (χ4v) is 4.54. The van der Waals surface area contributed by atoms with Gasteiger partial charge in [-0.2, -0.15) is 0 Å². The molecule has 1 amide bonds. The van der Waals surface area contributed by atoms with Crippen molar-refractivity contribution in [2.45, 2.75) is 32.7 Å². The summed E-state index contributed by atoms with van der Waals surface area (Å²) >= 11 is 1.53. The number of likely N-dealkylation sites (tertiary alicyclic amines) is 1. The molecule has 1 saturated heterocycles. The Bertz CT molecular complexity index is 878. The Hall–Kier alpha value is -2.40. The van der Waals surface area contributed by atoms with Crippen molar-refractivity contribution in [2.24, 2.45) is 5.92 Å². The first-order chi connectivity index (χ1) is 13.2. The summed E-state index contributed by atoms with van der Waals surface area (Å²) in [5.74, 6) is 1.92. The zero-order valence-corrected chi connectivity index (χ0v) is 16.5. The second-order valence-electron chi connectivity index (χ2n) is 7.24. The molecule has 0 aliphatic carbocycles. The van der Waals surface area contributed by atoms with Gasteiger partial charge in [0.05, 0.1) is 4.88 Å². The lowest BCUT2D eigenvalue weighted by Gasteiger charge is -2.32. The van der Waals surface area contributed by atoms with E-state index < -0.39 is 0 Å². The number of amides is 1. The Balaban J connectivity index is 1.35. The maximum absolute atomic E-state index is 12.5. The first-order valence-electron chi connectivity index (χ1n) is 9.62. The lowest BCUT2D eigenvalue weighted by Crippen LogP contribution is -2.38. The second kappa shape index (κ2) is 8.09. The SMILES string of the molecule is Cc1cnc(-c2ccccc2)n1CCC1CCN(C(=O)c2cccs2)CC1. The first-order valence-corrected chi connectivity index (χ1v) is 10.5. The number of benzene rings is 1. The molecule has 140 valence electrons. The monoisotopic (exact) mass is 379 g/mol. The van der Waals surface area contributed by atoms with Crippen molar-refractivity contribution in [1.29, 1.82) is 0 Å². The van der Waals surface area contributed by atoms with Gasteiger partial charge in [-0.05, 0) is 43.6 Å². The highest BCUT2D eigenvalue weighted by Gasteiger charge is 2.24. The van der Waals surface area contributed by atoms with E-state index in [1.54, 1.807) is 0 Å². The van der Waals surface area contributed by atoms with E-state index in [0.29, 0.717) is 5.92 Å². The molecule has 0 atom stereocenters. The van der Waals surface area contributed by atoms with Crippen LogP contribution in [0.25, 0.3) is 11.4 Å². The molecular formula is C22H25N3OS. The molecule has 1 fully saturated rings. The highest BCUT2D eigenvalue weighted by molar-refractivity contribution is 7.12. The Kier molecular flexibility index (Phi) is 5.39. The van der Waals surface area contributed by atoms with Crippen LogP contribution in [0.2, 0.25) is 0 Å². The van der Waals surface area contributed by atoms with Crippen LogP contribution in [-0.2, 0) is 6.54 Å². The predicted molar refractivity (Wildman–Crippen MR) is 110 cm³/mol. The molecule has 27 heavy (non-hydrogen) atoms. The third kappa shape index (κ3) is 3.98. The van der Waals surface area contributed by atoms with E-state index in [0.717, 1.165) is 49.6 Å². The number of aryl methyl sites for hydroxylation is 1. The van der Waals surface area contributed by atoms with Gasteiger partial charge in [0.1, 0.15) is 5.82 Å². The summed E-state index contributed by atoms with van der Waals surface area (Å²) in [5, 5.41) is 1.97. The predicted octanol–water partition coefficient (Wildman–Crippen LogP) is 4.86. The van der Waals surface area contributed by atoms with Crippen molar-refractivity contribution in [3.05, 3.63) is 64.6 Å². The number of carbonyl (C=O) groups is 1. The number of imidazole rings is 1. The van der Waals surface area contributed by atoms with E-state index in [4.69, 9.17) is 0 Å². The maximum Gasteiger partial charge on any atom is 0.263 e. The van der Waals surface area contributed by atoms with Crippen molar-refractivity contribution >= 4 is 17.2 Å². The number of carbonyl (C=O) groups excluding carboxylic acids is 1. The van der Waals surface area contributed by atoms with Gasteiger partial charge in [0.15, 0.2) is 0 Å². The molecule has 3 heterocycles. The van der Waals surface area contributed by atoms with Crippen LogP contribution in [0.5, 0.6) is 0 Å². The molecule has 4 rings (SSSR count). The third-order valence-corrected chi connectivity index (χ3v) is 6.34. The van der Waals surface area contributed by atoms with E-state index in [1.165, 1.54) is 22.6 Å². The smallest absolute Gasteiger partial charge is 0.263 e. The molecule has 5 heteroatoms. The van der Waals surface area contributed by atoms with Gasteiger partial charge in [-0.1, -0.05) is 36.4 Å². The van der Waals surface area contributed by atoms with Gasteiger partial charge in [0.2, 0.25) is 0 Å². The third-order valence-electron chi connectivity index (χ3n) is 5.48.